The molecule has 0 spiro atoms. The number of hydrogen-bond donors (Lipinski definition) is 0. The summed E-state index contributed by atoms with van der Waals surface area (Å²) in [5.74, 6) is 0.442. The number of aromatic nitrogens is 2. The van der Waals surface area contributed by atoms with Crippen LogP contribution in [-0.4, -0.2) is 28.3 Å². The lowest BCUT2D eigenvalue weighted by atomic mass is 10.1. The molecule has 100 valence electrons. The molecule has 0 amide bonds. The van der Waals surface area contributed by atoms with Gasteiger partial charge in [-0.2, -0.15) is 5.10 Å². The third-order valence-corrected chi connectivity index (χ3v) is 3.71. The van der Waals surface area contributed by atoms with Crippen molar-refractivity contribution in [3.63, 3.8) is 0 Å². The van der Waals surface area contributed by atoms with E-state index in [1.54, 1.807) is 10.9 Å². The zero-order valence-electron chi connectivity index (χ0n) is 11.0. The van der Waals surface area contributed by atoms with Gasteiger partial charge in [-0.25, -0.2) is 0 Å². The molecule has 1 aliphatic carbocycles. The highest BCUT2D eigenvalue weighted by molar-refractivity contribution is 9.10. The van der Waals surface area contributed by atoms with Gasteiger partial charge in [-0.15, -0.1) is 0 Å². The fraction of sp³-hybridized carbons (Fsp3) is 0.692. The molecule has 2 rings (SSSR count). The van der Waals surface area contributed by atoms with Crippen LogP contribution in [-0.2, 0) is 4.74 Å². The highest BCUT2D eigenvalue weighted by Gasteiger charge is 2.39. The number of hydrogen-bond acceptors (Lipinski definition) is 3. The Balaban J connectivity index is 2.28. The average Bonchev–Trinajstić information content (AvgIpc) is 3.07. The third-order valence-electron chi connectivity index (χ3n) is 3.13. The first-order chi connectivity index (χ1) is 8.56. The first-order valence-electron chi connectivity index (χ1n) is 6.45. The Labute approximate surface area is 116 Å². The smallest absolute Gasteiger partial charge is 0.210 e. The lowest BCUT2D eigenvalue weighted by Gasteiger charge is -2.17. The summed E-state index contributed by atoms with van der Waals surface area (Å²) in [6.07, 6.45) is 3.55. The van der Waals surface area contributed by atoms with Crippen LogP contribution in [0.1, 0.15) is 50.1 Å². The average molecular weight is 315 g/mol. The largest absolute Gasteiger partial charge is 0.370 e. The topological polar surface area (TPSA) is 44.1 Å². The number of halogens is 1. The minimum absolute atomic E-state index is 0.0532. The van der Waals surface area contributed by atoms with Crippen molar-refractivity contribution in [3.8, 4) is 0 Å². The summed E-state index contributed by atoms with van der Waals surface area (Å²) < 4.78 is 8.15. The van der Waals surface area contributed by atoms with Crippen LogP contribution >= 0.6 is 15.9 Å². The first-order valence-corrected chi connectivity index (χ1v) is 7.24. The van der Waals surface area contributed by atoms with Gasteiger partial charge in [-0.05, 0) is 55.5 Å². The SMILES string of the molecule is CCOC(C(=O)c1c(Br)cnn1C(C)C)C1CC1. The van der Waals surface area contributed by atoms with Crippen LogP contribution in [0.15, 0.2) is 10.7 Å². The normalized spacial score (nSPS) is 17.2. The predicted octanol–water partition coefficient (Wildman–Crippen LogP) is 3.22. The van der Waals surface area contributed by atoms with Gasteiger partial charge in [0.25, 0.3) is 0 Å². The summed E-state index contributed by atoms with van der Waals surface area (Å²) in [5, 5.41) is 4.25. The lowest BCUT2D eigenvalue weighted by Crippen LogP contribution is -2.29. The molecule has 0 aliphatic heterocycles. The minimum Gasteiger partial charge on any atom is -0.370 e. The van der Waals surface area contributed by atoms with Crippen molar-refractivity contribution < 1.29 is 9.53 Å². The van der Waals surface area contributed by atoms with Crippen molar-refractivity contribution in [2.75, 3.05) is 6.61 Å². The van der Waals surface area contributed by atoms with Crippen LogP contribution in [0.2, 0.25) is 0 Å². The first kappa shape index (κ1) is 13.7. The molecule has 0 N–H and O–H groups in total. The number of carbonyl (C=O) groups excluding carboxylic acids is 1. The quantitative estimate of drug-likeness (QED) is 0.757. The molecule has 5 heteroatoms. The van der Waals surface area contributed by atoms with E-state index in [-0.39, 0.29) is 17.9 Å². The van der Waals surface area contributed by atoms with Gasteiger partial charge in [0, 0.05) is 12.6 Å². The van der Waals surface area contributed by atoms with Crippen molar-refractivity contribution in [3.05, 3.63) is 16.4 Å². The molecule has 1 aromatic rings. The molecule has 1 aliphatic rings. The second kappa shape index (κ2) is 5.53. The van der Waals surface area contributed by atoms with E-state index in [4.69, 9.17) is 4.74 Å². The molecular formula is C13H19BrN2O2. The van der Waals surface area contributed by atoms with Gasteiger partial charge in [0.15, 0.2) is 0 Å². The Morgan fingerprint density at radius 2 is 2.28 bits per heavy atom. The fourth-order valence-electron chi connectivity index (χ4n) is 2.10. The number of ketones is 1. The summed E-state index contributed by atoms with van der Waals surface area (Å²) in [5.41, 5.74) is 0.635. The van der Waals surface area contributed by atoms with Crippen molar-refractivity contribution in [1.29, 1.82) is 0 Å². The highest BCUT2D eigenvalue weighted by atomic mass is 79.9. The van der Waals surface area contributed by atoms with E-state index in [0.717, 1.165) is 17.3 Å². The molecule has 1 aromatic heterocycles. The molecule has 1 fully saturated rings. The Morgan fingerprint density at radius 3 is 2.78 bits per heavy atom. The Bertz CT molecular complexity index is 438. The molecule has 1 heterocycles. The van der Waals surface area contributed by atoms with E-state index >= 15 is 0 Å². The summed E-state index contributed by atoms with van der Waals surface area (Å²) in [7, 11) is 0. The van der Waals surface area contributed by atoms with Crippen LogP contribution in [0, 0.1) is 5.92 Å². The maximum Gasteiger partial charge on any atom is 0.210 e. The van der Waals surface area contributed by atoms with Crippen molar-refractivity contribution in [2.24, 2.45) is 5.92 Å². The summed E-state index contributed by atoms with van der Waals surface area (Å²) >= 11 is 3.42. The maximum atomic E-state index is 12.6. The van der Waals surface area contributed by atoms with Gasteiger partial charge >= 0.3 is 0 Å². The maximum absolute atomic E-state index is 12.6. The molecule has 18 heavy (non-hydrogen) atoms. The minimum atomic E-state index is -0.305. The predicted molar refractivity (Wildman–Crippen MR) is 72.8 cm³/mol. The van der Waals surface area contributed by atoms with Crippen molar-refractivity contribution >= 4 is 21.7 Å². The number of rotatable bonds is 6. The molecule has 0 aromatic carbocycles. The standard InChI is InChI=1S/C13H19BrN2O2/c1-4-18-13(9-5-6-9)12(17)11-10(14)7-15-16(11)8(2)3/h7-9,13H,4-6H2,1-3H3. The van der Waals surface area contributed by atoms with Gasteiger partial charge in [-0.3, -0.25) is 9.48 Å². The fourth-order valence-corrected chi connectivity index (χ4v) is 2.57. The molecule has 0 radical (unpaired) electrons. The summed E-state index contributed by atoms with van der Waals surface area (Å²) in [4.78, 5) is 12.6. The molecule has 0 bridgehead atoms. The zero-order chi connectivity index (χ0) is 13.3. The van der Waals surface area contributed by atoms with Gasteiger partial charge < -0.3 is 4.74 Å². The van der Waals surface area contributed by atoms with Crippen LogP contribution < -0.4 is 0 Å². The Kier molecular flexibility index (Phi) is 4.22. The van der Waals surface area contributed by atoms with Crippen molar-refractivity contribution in [2.45, 2.75) is 45.8 Å². The van der Waals surface area contributed by atoms with E-state index in [9.17, 15) is 4.79 Å². The molecular weight excluding hydrogens is 296 g/mol. The van der Waals surface area contributed by atoms with Gasteiger partial charge in [0.05, 0.1) is 10.7 Å². The van der Waals surface area contributed by atoms with Gasteiger partial charge in [-0.1, -0.05) is 0 Å². The molecule has 4 nitrogen and oxygen atoms in total. The second-order valence-corrected chi connectivity index (χ2v) is 5.81. The number of ether oxygens (including phenoxy) is 1. The van der Waals surface area contributed by atoms with Crippen LogP contribution in [0.3, 0.4) is 0 Å². The van der Waals surface area contributed by atoms with Crippen LogP contribution in [0.5, 0.6) is 0 Å². The monoisotopic (exact) mass is 314 g/mol. The number of Topliss-reactive ketones (excluding diaryl/α,β-unsaturated/α-hetero) is 1. The zero-order valence-corrected chi connectivity index (χ0v) is 12.6. The second-order valence-electron chi connectivity index (χ2n) is 4.96. The van der Waals surface area contributed by atoms with E-state index in [0.29, 0.717) is 18.2 Å². The van der Waals surface area contributed by atoms with Crippen LogP contribution in [0.25, 0.3) is 0 Å². The highest BCUT2D eigenvalue weighted by Crippen LogP contribution is 2.37. The Morgan fingerprint density at radius 1 is 1.61 bits per heavy atom. The van der Waals surface area contributed by atoms with E-state index in [2.05, 4.69) is 21.0 Å². The van der Waals surface area contributed by atoms with Gasteiger partial charge in [0.2, 0.25) is 5.78 Å². The molecule has 1 saturated carbocycles. The Hall–Kier alpha value is -0.680. The molecule has 0 saturated heterocycles. The summed E-state index contributed by atoms with van der Waals surface area (Å²) in [6, 6.07) is 0.164. The molecule has 1 atom stereocenters. The number of nitrogens with zero attached hydrogens (tertiary/aromatic N) is 2. The van der Waals surface area contributed by atoms with E-state index < -0.39 is 0 Å². The van der Waals surface area contributed by atoms with Gasteiger partial charge in [0.1, 0.15) is 11.8 Å². The summed E-state index contributed by atoms with van der Waals surface area (Å²) in [6.45, 7) is 6.53. The van der Waals surface area contributed by atoms with Crippen LogP contribution in [0.4, 0.5) is 0 Å². The lowest BCUT2D eigenvalue weighted by molar-refractivity contribution is 0.0363. The van der Waals surface area contributed by atoms with E-state index in [1.807, 2.05) is 20.8 Å². The molecule has 1 unspecified atom stereocenters. The van der Waals surface area contributed by atoms with Crippen molar-refractivity contribution in [1.82, 2.24) is 9.78 Å². The number of carbonyl (C=O) groups is 1. The third kappa shape index (κ3) is 2.67. The van der Waals surface area contributed by atoms with E-state index in [1.165, 1.54) is 0 Å².